The molecule has 0 spiro atoms. The molecule has 0 radical (unpaired) electrons. The van der Waals surface area contributed by atoms with Gasteiger partial charge >= 0.3 is 0 Å². The number of benzene rings is 3. The fourth-order valence-corrected chi connectivity index (χ4v) is 3.78. The molecule has 0 fully saturated rings. The Balaban J connectivity index is 1.54. The molecule has 1 amide bonds. The van der Waals surface area contributed by atoms with Gasteiger partial charge in [0, 0.05) is 18.3 Å². The normalized spacial score (nSPS) is 11.5. The zero-order chi connectivity index (χ0) is 27.2. The molecule has 3 aromatic carbocycles. The lowest BCUT2D eigenvalue weighted by molar-refractivity contribution is -0.383. The Labute approximate surface area is 215 Å². The van der Waals surface area contributed by atoms with Crippen molar-refractivity contribution in [3.8, 4) is 5.75 Å². The molecule has 0 bridgehead atoms. The van der Waals surface area contributed by atoms with Crippen LogP contribution in [0.5, 0.6) is 5.75 Å². The molecule has 9 nitrogen and oxygen atoms in total. The fraction of sp³-hybridized carbons (Fsp3) is 0.111. The minimum Gasteiger partial charge on any atom is -0.491 e. The number of pyridine rings is 1. The summed E-state index contributed by atoms with van der Waals surface area (Å²) in [6.45, 7) is -0.132. The lowest BCUT2D eigenvalue weighted by atomic mass is 10.1. The van der Waals surface area contributed by atoms with Crippen LogP contribution in [-0.4, -0.2) is 22.0 Å². The minimum atomic E-state index is -1.04. The second-order valence-electron chi connectivity index (χ2n) is 8.33. The number of nitro benzene ring substituents is 1. The number of hydrogen-bond acceptors (Lipinski definition) is 6. The van der Waals surface area contributed by atoms with Crippen molar-refractivity contribution < 1.29 is 23.2 Å². The number of carbonyl (C=O) groups excluding carboxylic acids is 1. The van der Waals surface area contributed by atoms with E-state index in [1.54, 1.807) is 30.3 Å². The molecule has 38 heavy (non-hydrogen) atoms. The zero-order valence-electron chi connectivity index (χ0n) is 19.8. The number of aromatic nitrogens is 1. The first-order valence-electron chi connectivity index (χ1n) is 11.4. The average Bonchev–Trinajstić information content (AvgIpc) is 2.90. The number of nitrogens with one attached hydrogen (secondary N) is 1. The Morgan fingerprint density at radius 2 is 1.79 bits per heavy atom. The van der Waals surface area contributed by atoms with E-state index >= 15 is 0 Å². The first-order chi connectivity index (χ1) is 18.2. The number of amides is 1. The Morgan fingerprint density at radius 3 is 2.47 bits per heavy atom. The molecule has 1 atom stereocenters. The van der Waals surface area contributed by atoms with Crippen LogP contribution in [0.4, 0.5) is 20.2 Å². The highest BCUT2D eigenvalue weighted by molar-refractivity contribution is 5.94. The average molecular weight is 520 g/mol. The van der Waals surface area contributed by atoms with E-state index in [1.165, 1.54) is 47.2 Å². The summed E-state index contributed by atoms with van der Waals surface area (Å²) in [6, 6.07) is 18.3. The highest BCUT2D eigenvalue weighted by Crippen LogP contribution is 2.27. The number of nitrogens with zero attached hydrogens (tertiary/aromatic N) is 2. The molecular weight excluding hydrogens is 498 g/mol. The Morgan fingerprint density at radius 1 is 1.03 bits per heavy atom. The van der Waals surface area contributed by atoms with Gasteiger partial charge in [-0.05, 0) is 41.5 Å². The number of nitrogens with two attached hydrogens (primary N) is 1. The summed E-state index contributed by atoms with van der Waals surface area (Å²) in [5.74, 6) is -2.45. The lowest BCUT2D eigenvalue weighted by Gasteiger charge is -2.20. The largest absolute Gasteiger partial charge is 0.491 e. The SMILES string of the molecule is Nc1cc(OC[C@H](NC(=O)c2cccn(Cc3ccc(F)c(F)c3)c2=O)c2ccccc2)ccc1[N+](=O)[O-]. The van der Waals surface area contributed by atoms with E-state index in [0.717, 1.165) is 12.1 Å². The lowest BCUT2D eigenvalue weighted by Crippen LogP contribution is -2.37. The summed E-state index contributed by atoms with van der Waals surface area (Å²) in [6.07, 6.45) is 1.44. The van der Waals surface area contributed by atoms with E-state index in [9.17, 15) is 28.5 Å². The smallest absolute Gasteiger partial charge is 0.292 e. The van der Waals surface area contributed by atoms with Gasteiger partial charge in [0.2, 0.25) is 0 Å². The standard InChI is InChI=1S/C27H22F2N4O5/c28-21-10-8-17(13-22(21)29)15-32-12-4-7-20(27(32)35)26(34)31-24(18-5-2-1-3-6-18)16-38-19-9-11-25(33(36)37)23(30)14-19/h1-14,24H,15-16,30H2,(H,31,34)/t24-/m0/s1. The molecular formula is C27H22F2N4O5. The molecule has 0 saturated carbocycles. The van der Waals surface area contributed by atoms with Crippen LogP contribution in [0.15, 0.2) is 89.9 Å². The molecule has 0 aliphatic rings. The quantitative estimate of drug-likeness (QED) is 0.193. The van der Waals surface area contributed by atoms with Gasteiger partial charge in [-0.15, -0.1) is 0 Å². The molecule has 0 aliphatic heterocycles. The van der Waals surface area contributed by atoms with Crippen LogP contribution in [0, 0.1) is 21.7 Å². The van der Waals surface area contributed by atoms with Crippen molar-refractivity contribution in [1.82, 2.24) is 9.88 Å². The van der Waals surface area contributed by atoms with Gasteiger partial charge in [-0.1, -0.05) is 36.4 Å². The molecule has 11 heteroatoms. The van der Waals surface area contributed by atoms with Gasteiger partial charge in [0.05, 0.1) is 17.5 Å². The van der Waals surface area contributed by atoms with Crippen molar-refractivity contribution in [2.75, 3.05) is 12.3 Å². The van der Waals surface area contributed by atoms with Crippen LogP contribution in [0.2, 0.25) is 0 Å². The summed E-state index contributed by atoms with van der Waals surface area (Å²) >= 11 is 0. The summed E-state index contributed by atoms with van der Waals surface area (Å²) in [5.41, 5.74) is 5.66. The topological polar surface area (TPSA) is 129 Å². The second kappa shape index (κ2) is 11.3. The van der Waals surface area contributed by atoms with Crippen molar-refractivity contribution in [2.45, 2.75) is 12.6 Å². The number of ether oxygens (including phenoxy) is 1. The maximum Gasteiger partial charge on any atom is 0.292 e. The van der Waals surface area contributed by atoms with Gasteiger partial charge in [0.25, 0.3) is 17.2 Å². The van der Waals surface area contributed by atoms with Gasteiger partial charge in [-0.3, -0.25) is 19.7 Å². The van der Waals surface area contributed by atoms with Gasteiger partial charge in [-0.2, -0.15) is 0 Å². The summed E-state index contributed by atoms with van der Waals surface area (Å²) in [7, 11) is 0. The van der Waals surface area contributed by atoms with E-state index in [4.69, 9.17) is 10.5 Å². The van der Waals surface area contributed by atoms with Crippen LogP contribution in [-0.2, 0) is 6.54 Å². The van der Waals surface area contributed by atoms with Crippen LogP contribution >= 0.6 is 0 Å². The molecule has 1 aromatic heterocycles. The Hall–Kier alpha value is -5.06. The Kier molecular flexibility index (Phi) is 7.76. The Bertz CT molecular complexity index is 1540. The van der Waals surface area contributed by atoms with Crippen molar-refractivity contribution in [1.29, 1.82) is 0 Å². The maximum absolute atomic E-state index is 13.6. The van der Waals surface area contributed by atoms with Crippen molar-refractivity contribution >= 4 is 17.3 Å². The monoisotopic (exact) mass is 520 g/mol. The number of rotatable bonds is 9. The van der Waals surface area contributed by atoms with Crippen molar-refractivity contribution in [3.63, 3.8) is 0 Å². The number of anilines is 1. The molecule has 1 heterocycles. The minimum absolute atomic E-state index is 0.0655. The van der Waals surface area contributed by atoms with Crippen molar-refractivity contribution in [3.05, 3.63) is 134 Å². The molecule has 0 aliphatic carbocycles. The van der Waals surface area contributed by atoms with Crippen LogP contribution < -0.4 is 21.3 Å². The molecule has 0 unspecified atom stereocenters. The summed E-state index contributed by atoms with van der Waals surface area (Å²) in [4.78, 5) is 36.6. The van der Waals surface area contributed by atoms with Gasteiger partial charge < -0.3 is 20.4 Å². The predicted molar refractivity (Wildman–Crippen MR) is 136 cm³/mol. The number of halogens is 2. The predicted octanol–water partition coefficient (Wildman–Crippen LogP) is 4.22. The number of carbonyl (C=O) groups is 1. The number of hydrogen-bond donors (Lipinski definition) is 2. The van der Waals surface area contributed by atoms with Crippen LogP contribution in [0.1, 0.15) is 27.5 Å². The van der Waals surface area contributed by atoms with E-state index in [2.05, 4.69) is 5.32 Å². The molecule has 4 aromatic rings. The van der Waals surface area contributed by atoms with E-state index < -0.39 is 34.1 Å². The van der Waals surface area contributed by atoms with Gasteiger partial charge in [0.1, 0.15) is 23.6 Å². The van der Waals surface area contributed by atoms with E-state index in [-0.39, 0.29) is 35.8 Å². The third kappa shape index (κ3) is 6.01. The molecule has 4 rings (SSSR count). The molecule has 0 saturated heterocycles. The van der Waals surface area contributed by atoms with Gasteiger partial charge in [0.15, 0.2) is 11.6 Å². The first-order valence-corrected chi connectivity index (χ1v) is 11.4. The number of nitrogen functional groups attached to an aromatic ring is 1. The van der Waals surface area contributed by atoms with Gasteiger partial charge in [-0.25, -0.2) is 8.78 Å². The first kappa shape index (κ1) is 26.0. The van der Waals surface area contributed by atoms with Crippen molar-refractivity contribution in [2.24, 2.45) is 0 Å². The van der Waals surface area contributed by atoms with Crippen LogP contribution in [0.25, 0.3) is 0 Å². The summed E-state index contributed by atoms with van der Waals surface area (Å²) in [5, 5.41) is 13.8. The zero-order valence-corrected chi connectivity index (χ0v) is 19.8. The summed E-state index contributed by atoms with van der Waals surface area (Å²) < 4.78 is 33.8. The number of nitro groups is 1. The molecule has 3 N–H and O–H groups in total. The second-order valence-corrected chi connectivity index (χ2v) is 8.33. The fourth-order valence-electron chi connectivity index (χ4n) is 3.78. The third-order valence-electron chi connectivity index (χ3n) is 5.72. The van der Waals surface area contributed by atoms with Crippen LogP contribution in [0.3, 0.4) is 0 Å². The highest BCUT2D eigenvalue weighted by atomic mass is 19.2. The van der Waals surface area contributed by atoms with E-state index in [0.29, 0.717) is 11.1 Å². The third-order valence-corrected chi connectivity index (χ3v) is 5.72. The van der Waals surface area contributed by atoms with E-state index in [1.807, 2.05) is 0 Å². The highest BCUT2D eigenvalue weighted by Gasteiger charge is 2.20. The maximum atomic E-state index is 13.6. The molecule has 194 valence electrons.